The average Bonchev–Trinajstić information content (AvgIpc) is 2.31. The summed E-state index contributed by atoms with van der Waals surface area (Å²) in [6.45, 7) is 11.7. The van der Waals surface area contributed by atoms with E-state index in [2.05, 4.69) is 24.5 Å². The number of hydrogen-bond donors (Lipinski definition) is 2. The van der Waals surface area contributed by atoms with Crippen molar-refractivity contribution in [2.45, 2.75) is 53.1 Å². The Morgan fingerprint density at radius 1 is 1.30 bits per heavy atom. The summed E-state index contributed by atoms with van der Waals surface area (Å²) in [5.74, 6) is 0.108. The topological polar surface area (TPSA) is 61.4 Å². The molecular formula is C14H28ClN3O2. The van der Waals surface area contributed by atoms with Gasteiger partial charge in [-0.25, -0.2) is 0 Å². The molecule has 5 nitrogen and oxygen atoms in total. The third-order valence-corrected chi connectivity index (χ3v) is 3.66. The molecule has 2 N–H and O–H groups in total. The Bertz CT molecular complexity index is 342. The Hall–Kier alpha value is -0.810. The fourth-order valence-electron chi connectivity index (χ4n) is 2.10. The molecule has 1 aliphatic rings. The van der Waals surface area contributed by atoms with E-state index in [4.69, 9.17) is 0 Å². The van der Waals surface area contributed by atoms with E-state index in [-0.39, 0.29) is 30.3 Å². The smallest absolute Gasteiger partial charge is 0.225 e. The Labute approximate surface area is 128 Å². The van der Waals surface area contributed by atoms with Gasteiger partial charge in [0.2, 0.25) is 11.8 Å². The van der Waals surface area contributed by atoms with Gasteiger partial charge in [0.25, 0.3) is 0 Å². The van der Waals surface area contributed by atoms with Crippen molar-refractivity contribution in [3.63, 3.8) is 0 Å². The van der Waals surface area contributed by atoms with Crippen LogP contribution >= 0.6 is 12.4 Å². The van der Waals surface area contributed by atoms with E-state index in [1.54, 1.807) is 0 Å². The first kappa shape index (κ1) is 19.2. The van der Waals surface area contributed by atoms with Crippen LogP contribution in [0.25, 0.3) is 0 Å². The molecule has 118 valence electrons. The maximum atomic E-state index is 12.1. The molecule has 2 unspecified atom stereocenters. The van der Waals surface area contributed by atoms with Crippen molar-refractivity contribution in [3.8, 4) is 0 Å². The fraction of sp³-hybridized carbons (Fsp3) is 0.857. The number of rotatable bonds is 3. The highest BCUT2D eigenvalue weighted by Gasteiger charge is 2.28. The van der Waals surface area contributed by atoms with Gasteiger partial charge in [-0.1, -0.05) is 20.8 Å². The third-order valence-electron chi connectivity index (χ3n) is 3.66. The Balaban J connectivity index is 0.00000361. The number of hydrogen-bond acceptors (Lipinski definition) is 3. The van der Waals surface area contributed by atoms with Crippen molar-refractivity contribution in [1.29, 1.82) is 0 Å². The number of piperazine rings is 1. The molecule has 0 aromatic carbocycles. The summed E-state index contributed by atoms with van der Waals surface area (Å²) in [4.78, 5) is 25.7. The summed E-state index contributed by atoms with van der Waals surface area (Å²) in [7, 11) is 0. The van der Waals surface area contributed by atoms with E-state index in [0.29, 0.717) is 19.0 Å². The van der Waals surface area contributed by atoms with Crippen LogP contribution in [0.3, 0.4) is 0 Å². The lowest BCUT2D eigenvalue weighted by atomic mass is 9.96. The van der Waals surface area contributed by atoms with Gasteiger partial charge in [0.15, 0.2) is 0 Å². The van der Waals surface area contributed by atoms with Gasteiger partial charge in [-0.3, -0.25) is 9.59 Å². The van der Waals surface area contributed by atoms with Gasteiger partial charge in [0, 0.05) is 43.6 Å². The number of halogens is 1. The van der Waals surface area contributed by atoms with Crippen LogP contribution in [-0.2, 0) is 9.59 Å². The second-order valence-corrected chi connectivity index (χ2v) is 6.33. The van der Waals surface area contributed by atoms with Gasteiger partial charge in [-0.05, 0) is 13.8 Å². The molecule has 0 saturated carbocycles. The summed E-state index contributed by atoms with van der Waals surface area (Å²) >= 11 is 0. The van der Waals surface area contributed by atoms with Crippen LogP contribution in [0.5, 0.6) is 0 Å². The molecule has 2 atom stereocenters. The van der Waals surface area contributed by atoms with Gasteiger partial charge in [0.05, 0.1) is 0 Å². The lowest BCUT2D eigenvalue weighted by molar-refractivity contribution is -0.135. The Morgan fingerprint density at radius 3 is 2.45 bits per heavy atom. The van der Waals surface area contributed by atoms with Gasteiger partial charge < -0.3 is 15.5 Å². The first-order valence-electron chi connectivity index (χ1n) is 7.04. The van der Waals surface area contributed by atoms with Crippen LogP contribution < -0.4 is 10.6 Å². The molecule has 0 aromatic rings. The number of nitrogens with one attached hydrogen (secondary N) is 2. The highest BCUT2D eigenvalue weighted by atomic mass is 35.5. The van der Waals surface area contributed by atoms with Crippen molar-refractivity contribution in [2.24, 2.45) is 5.41 Å². The number of nitrogens with zero attached hydrogens (tertiary/aromatic N) is 1. The summed E-state index contributed by atoms with van der Waals surface area (Å²) in [5.41, 5.74) is -0.403. The van der Waals surface area contributed by atoms with E-state index >= 15 is 0 Å². The van der Waals surface area contributed by atoms with E-state index in [1.807, 2.05) is 25.7 Å². The van der Waals surface area contributed by atoms with Gasteiger partial charge in [-0.15, -0.1) is 12.4 Å². The molecule has 1 saturated heterocycles. The van der Waals surface area contributed by atoms with Crippen molar-refractivity contribution in [3.05, 3.63) is 0 Å². The zero-order valence-corrected chi connectivity index (χ0v) is 14.0. The van der Waals surface area contributed by atoms with Gasteiger partial charge in [0.1, 0.15) is 0 Å². The van der Waals surface area contributed by atoms with Crippen molar-refractivity contribution >= 4 is 24.2 Å². The molecule has 0 radical (unpaired) electrons. The van der Waals surface area contributed by atoms with Crippen LogP contribution in [0, 0.1) is 5.41 Å². The third kappa shape index (κ3) is 5.29. The van der Waals surface area contributed by atoms with Crippen LogP contribution in [0.4, 0.5) is 0 Å². The maximum Gasteiger partial charge on any atom is 0.225 e. The first-order chi connectivity index (χ1) is 8.73. The standard InChI is InChI=1S/C14H27N3O2.ClH/c1-10-11(2)17(9-8-15-10)12(18)6-7-16-13(19)14(3,4)5;/h10-11,15H,6-9H2,1-5H3,(H,16,19);1H. The largest absolute Gasteiger partial charge is 0.355 e. The Kier molecular flexibility index (Phi) is 7.52. The lowest BCUT2D eigenvalue weighted by Crippen LogP contribution is -2.57. The minimum Gasteiger partial charge on any atom is -0.355 e. The molecule has 0 aliphatic carbocycles. The van der Waals surface area contributed by atoms with Crippen LogP contribution in [0.1, 0.15) is 41.0 Å². The summed E-state index contributed by atoms with van der Waals surface area (Å²) < 4.78 is 0. The maximum absolute atomic E-state index is 12.1. The minimum atomic E-state index is -0.403. The molecule has 1 rings (SSSR count). The highest BCUT2D eigenvalue weighted by molar-refractivity contribution is 5.85. The van der Waals surface area contributed by atoms with E-state index in [0.717, 1.165) is 13.1 Å². The first-order valence-corrected chi connectivity index (χ1v) is 7.04. The summed E-state index contributed by atoms with van der Waals surface area (Å²) in [6.07, 6.45) is 0.374. The molecule has 1 fully saturated rings. The van der Waals surface area contributed by atoms with Crippen LogP contribution in [0.2, 0.25) is 0 Å². The van der Waals surface area contributed by atoms with E-state index in [1.165, 1.54) is 0 Å². The fourth-order valence-corrected chi connectivity index (χ4v) is 2.10. The molecule has 0 bridgehead atoms. The molecule has 6 heteroatoms. The molecule has 1 heterocycles. The normalized spacial score (nSPS) is 22.9. The quantitative estimate of drug-likeness (QED) is 0.823. The molecule has 0 aromatic heterocycles. The van der Waals surface area contributed by atoms with Crippen molar-refractivity contribution < 1.29 is 9.59 Å². The molecule has 1 aliphatic heterocycles. The predicted octanol–water partition coefficient (Wildman–Crippen LogP) is 1.17. The minimum absolute atomic E-state index is 0. The zero-order valence-electron chi connectivity index (χ0n) is 13.2. The highest BCUT2D eigenvalue weighted by Crippen LogP contribution is 2.13. The van der Waals surface area contributed by atoms with Crippen LogP contribution in [0.15, 0.2) is 0 Å². The predicted molar refractivity (Wildman–Crippen MR) is 83.0 cm³/mol. The van der Waals surface area contributed by atoms with Crippen molar-refractivity contribution in [1.82, 2.24) is 15.5 Å². The molecular weight excluding hydrogens is 278 g/mol. The second-order valence-electron chi connectivity index (χ2n) is 6.33. The van der Waals surface area contributed by atoms with Crippen molar-refractivity contribution in [2.75, 3.05) is 19.6 Å². The number of carbonyl (C=O) groups excluding carboxylic acids is 2. The number of carbonyl (C=O) groups is 2. The van der Waals surface area contributed by atoms with Gasteiger partial charge in [-0.2, -0.15) is 0 Å². The number of amides is 2. The average molecular weight is 306 g/mol. The molecule has 20 heavy (non-hydrogen) atoms. The second kappa shape index (κ2) is 7.84. The van der Waals surface area contributed by atoms with Crippen LogP contribution in [-0.4, -0.2) is 48.4 Å². The summed E-state index contributed by atoms with van der Waals surface area (Å²) in [5, 5.41) is 6.16. The van der Waals surface area contributed by atoms with E-state index < -0.39 is 5.41 Å². The monoisotopic (exact) mass is 305 g/mol. The summed E-state index contributed by atoms with van der Waals surface area (Å²) in [6, 6.07) is 0.529. The zero-order chi connectivity index (χ0) is 14.6. The SMILES string of the molecule is CC1NCCN(C(=O)CCNC(=O)C(C)(C)C)C1C.Cl. The van der Waals surface area contributed by atoms with Gasteiger partial charge >= 0.3 is 0 Å². The molecule has 0 spiro atoms. The lowest BCUT2D eigenvalue weighted by Gasteiger charge is -2.38. The van der Waals surface area contributed by atoms with E-state index in [9.17, 15) is 9.59 Å². The Morgan fingerprint density at radius 2 is 1.90 bits per heavy atom. The molecule has 2 amide bonds.